The Bertz CT molecular complexity index is 615. The Balaban J connectivity index is 2.26. The van der Waals surface area contributed by atoms with Gasteiger partial charge < -0.3 is 10.0 Å². The summed E-state index contributed by atoms with van der Waals surface area (Å²) in [6.07, 6.45) is 3.88. The SMILES string of the molecule is CN(Cc1nccn1C(F)F)c1ncccc1C(=O)O. The summed E-state index contributed by atoms with van der Waals surface area (Å²) in [6.45, 7) is -2.67. The summed E-state index contributed by atoms with van der Waals surface area (Å²) < 4.78 is 26.2. The van der Waals surface area contributed by atoms with Gasteiger partial charge in [-0.1, -0.05) is 0 Å². The molecule has 0 unspecified atom stereocenters. The van der Waals surface area contributed by atoms with Crippen LogP contribution in [-0.4, -0.2) is 32.7 Å². The largest absolute Gasteiger partial charge is 0.478 e. The summed E-state index contributed by atoms with van der Waals surface area (Å²) in [5.41, 5.74) is 0.00477. The number of halogens is 2. The summed E-state index contributed by atoms with van der Waals surface area (Å²) in [4.78, 5) is 20.4. The number of nitrogens with zero attached hydrogens (tertiary/aromatic N) is 4. The first-order chi connectivity index (χ1) is 9.50. The Labute approximate surface area is 113 Å². The number of hydrogen-bond donors (Lipinski definition) is 1. The zero-order valence-corrected chi connectivity index (χ0v) is 10.6. The molecule has 0 saturated heterocycles. The van der Waals surface area contributed by atoms with Crippen LogP contribution in [-0.2, 0) is 6.54 Å². The quantitative estimate of drug-likeness (QED) is 0.908. The standard InChI is InChI=1S/C12H12F2N4O2/c1-17(7-9-15-5-6-18(9)12(13)14)10-8(11(19)20)3-2-4-16-10/h2-6,12H,7H2,1H3,(H,19,20). The van der Waals surface area contributed by atoms with Crippen LogP contribution in [0.5, 0.6) is 0 Å². The van der Waals surface area contributed by atoms with Crippen molar-refractivity contribution in [3.8, 4) is 0 Å². The minimum Gasteiger partial charge on any atom is -0.478 e. The number of rotatable bonds is 5. The van der Waals surface area contributed by atoms with Crippen LogP contribution in [0.3, 0.4) is 0 Å². The number of pyridine rings is 1. The molecule has 0 aliphatic heterocycles. The van der Waals surface area contributed by atoms with Crippen molar-refractivity contribution in [2.24, 2.45) is 0 Å². The zero-order valence-electron chi connectivity index (χ0n) is 10.6. The first-order valence-corrected chi connectivity index (χ1v) is 5.70. The summed E-state index contributed by atoms with van der Waals surface area (Å²) in [5, 5.41) is 9.08. The van der Waals surface area contributed by atoms with Crippen molar-refractivity contribution in [2.75, 3.05) is 11.9 Å². The fraction of sp³-hybridized carbons (Fsp3) is 0.250. The van der Waals surface area contributed by atoms with E-state index in [2.05, 4.69) is 9.97 Å². The number of aromatic carboxylic acids is 1. The lowest BCUT2D eigenvalue weighted by atomic mass is 10.2. The molecule has 2 rings (SSSR count). The molecule has 2 heterocycles. The van der Waals surface area contributed by atoms with E-state index in [1.807, 2.05) is 0 Å². The molecule has 8 heteroatoms. The predicted molar refractivity (Wildman–Crippen MR) is 66.8 cm³/mol. The molecule has 0 atom stereocenters. The Hall–Kier alpha value is -2.51. The van der Waals surface area contributed by atoms with E-state index in [1.165, 1.54) is 35.6 Å². The highest BCUT2D eigenvalue weighted by atomic mass is 19.3. The van der Waals surface area contributed by atoms with Gasteiger partial charge in [0.15, 0.2) is 0 Å². The molecule has 1 N–H and O–H groups in total. The highest BCUT2D eigenvalue weighted by molar-refractivity contribution is 5.93. The van der Waals surface area contributed by atoms with Crippen LogP contribution in [0.1, 0.15) is 22.7 Å². The second-order valence-corrected chi connectivity index (χ2v) is 4.06. The van der Waals surface area contributed by atoms with Gasteiger partial charge in [0.05, 0.1) is 6.54 Å². The first kappa shape index (κ1) is 13.9. The second-order valence-electron chi connectivity index (χ2n) is 4.06. The molecule has 20 heavy (non-hydrogen) atoms. The van der Waals surface area contributed by atoms with Crippen molar-refractivity contribution < 1.29 is 18.7 Å². The van der Waals surface area contributed by atoms with Crippen molar-refractivity contribution in [1.29, 1.82) is 0 Å². The molecule has 0 aromatic carbocycles. The maximum absolute atomic E-state index is 12.7. The van der Waals surface area contributed by atoms with Gasteiger partial charge in [0.2, 0.25) is 0 Å². The van der Waals surface area contributed by atoms with E-state index in [4.69, 9.17) is 5.11 Å². The summed E-state index contributed by atoms with van der Waals surface area (Å²) in [7, 11) is 1.57. The van der Waals surface area contributed by atoms with Crippen LogP contribution in [0.4, 0.5) is 14.6 Å². The first-order valence-electron chi connectivity index (χ1n) is 5.70. The highest BCUT2D eigenvalue weighted by Crippen LogP contribution is 2.19. The van der Waals surface area contributed by atoms with Gasteiger partial charge in [0.1, 0.15) is 17.2 Å². The number of anilines is 1. The molecule has 0 amide bonds. The lowest BCUT2D eigenvalue weighted by molar-refractivity contribution is 0.0666. The molecule has 6 nitrogen and oxygen atoms in total. The summed E-state index contributed by atoms with van der Waals surface area (Å²) in [5.74, 6) is -0.801. The van der Waals surface area contributed by atoms with Gasteiger partial charge in [0.25, 0.3) is 0 Å². The van der Waals surface area contributed by atoms with Crippen molar-refractivity contribution in [3.63, 3.8) is 0 Å². The minimum atomic E-state index is -2.69. The van der Waals surface area contributed by atoms with Crippen molar-refractivity contribution >= 4 is 11.8 Å². The maximum Gasteiger partial charge on any atom is 0.339 e. The van der Waals surface area contributed by atoms with Crippen LogP contribution >= 0.6 is 0 Å². The van der Waals surface area contributed by atoms with Gasteiger partial charge in [-0.25, -0.2) is 14.8 Å². The second kappa shape index (κ2) is 5.64. The molecule has 0 bridgehead atoms. The Morgan fingerprint density at radius 2 is 2.20 bits per heavy atom. The Kier molecular flexibility index (Phi) is 3.92. The number of carboxylic acid groups (broad SMARTS) is 1. The lowest BCUT2D eigenvalue weighted by Crippen LogP contribution is -2.23. The average Bonchev–Trinajstić information content (AvgIpc) is 2.87. The van der Waals surface area contributed by atoms with Crippen molar-refractivity contribution in [3.05, 3.63) is 42.1 Å². The minimum absolute atomic E-state index is 0.00477. The van der Waals surface area contributed by atoms with Crippen LogP contribution in [0.15, 0.2) is 30.7 Å². The smallest absolute Gasteiger partial charge is 0.339 e. The van der Waals surface area contributed by atoms with Gasteiger partial charge in [-0.3, -0.25) is 4.57 Å². The van der Waals surface area contributed by atoms with E-state index in [0.29, 0.717) is 0 Å². The van der Waals surface area contributed by atoms with E-state index < -0.39 is 12.5 Å². The van der Waals surface area contributed by atoms with E-state index >= 15 is 0 Å². The molecule has 2 aromatic rings. The zero-order chi connectivity index (χ0) is 14.7. The van der Waals surface area contributed by atoms with Gasteiger partial charge in [-0.05, 0) is 12.1 Å². The van der Waals surface area contributed by atoms with Gasteiger partial charge in [0, 0.05) is 25.6 Å². The number of aromatic nitrogens is 3. The predicted octanol–water partition coefficient (Wildman–Crippen LogP) is 2.01. The molecule has 2 aromatic heterocycles. The third kappa shape index (κ3) is 2.73. The highest BCUT2D eigenvalue weighted by Gasteiger charge is 2.18. The van der Waals surface area contributed by atoms with Crippen LogP contribution in [0.25, 0.3) is 0 Å². The number of carbonyl (C=O) groups is 1. The van der Waals surface area contributed by atoms with Crippen LogP contribution < -0.4 is 4.90 Å². The summed E-state index contributed by atoms with van der Waals surface area (Å²) in [6, 6.07) is 2.90. The van der Waals surface area contributed by atoms with E-state index in [0.717, 1.165) is 4.57 Å². The molecular weight excluding hydrogens is 270 g/mol. The molecule has 0 saturated carbocycles. The molecule has 0 aliphatic rings. The van der Waals surface area contributed by atoms with Crippen LogP contribution in [0, 0.1) is 0 Å². The topological polar surface area (TPSA) is 71.2 Å². The van der Waals surface area contributed by atoms with Gasteiger partial charge in [-0.2, -0.15) is 8.78 Å². The van der Waals surface area contributed by atoms with E-state index in [1.54, 1.807) is 7.05 Å². The Morgan fingerprint density at radius 3 is 2.85 bits per heavy atom. The molecule has 0 radical (unpaired) electrons. The van der Waals surface area contributed by atoms with E-state index in [9.17, 15) is 13.6 Å². The summed E-state index contributed by atoms with van der Waals surface area (Å²) >= 11 is 0. The molecule has 0 spiro atoms. The lowest BCUT2D eigenvalue weighted by Gasteiger charge is -2.19. The number of imidazole rings is 1. The number of alkyl halides is 2. The fourth-order valence-electron chi connectivity index (χ4n) is 1.80. The molecule has 0 aliphatic carbocycles. The average molecular weight is 282 g/mol. The Morgan fingerprint density at radius 1 is 1.45 bits per heavy atom. The molecular formula is C12H12F2N4O2. The number of carboxylic acids is 1. The van der Waals surface area contributed by atoms with E-state index in [-0.39, 0.29) is 23.8 Å². The molecule has 0 fully saturated rings. The monoisotopic (exact) mass is 282 g/mol. The van der Waals surface area contributed by atoms with Crippen molar-refractivity contribution in [2.45, 2.75) is 13.1 Å². The van der Waals surface area contributed by atoms with Gasteiger partial charge >= 0.3 is 12.5 Å². The fourth-order valence-corrected chi connectivity index (χ4v) is 1.80. The normalized spacial score (nSPS) is 10.8. The third-order valence-corrected chi connectivity index (χ3v) is 2.72. The third-order valence-electron chi connectivity index (χ3n) is 2.72. The van der Waals surface area contributed by atoms with Crippen molar-refractivity contribution in [1.82, 2.24) is 14.5 Å². The number of hydrogen-bond acceptors (Lipinski definition) is 4. The maximum atomic E-state index is 12.7. The molecule has 106 valence electrons. The van der Waals surface area contributed by atoms with Gasteiger partial charge in [-0.15, -0.1) is 0 Å². The van der Waals surface area contributed by atoms with Crippen LogP contribution in [0.2, 0.25) is 0 Å².